The Morgan fingerprint density at radius 2 is 0.545 bits per heavy atom. The highest BCUT2D eigenvalue weighted by molar-refractivity contribution is 8.94. The predicted octanol–water partition coefficient (Wildman–Crippen LogP) is 4.31. The lowest BCUT2D eigenvalue weighted by Gasteiger charge is -2.32. The first-order valence-electron chi connectivity index (χ1n) is 6.34. The summed E-state index contributed by atoms with van der Waals surface area (Å²) < 4.78 is 271. The van der Waals surface area contributed by atoms with Crippen LogP contribution in [0.25, 0.3) is 0 Å². The van der Waals surface area contributed by atoms with Gasteiger partial charge >= 0.3 is 64.3 Å². The van der Waals surface area contributed by atoms with Crippen LogP contribution in [0.3, 0.4) is 0 Å². The van der Waals surface area contributed by atoms with Crippen LogP contribution < -0.4 is 0 Å². The number of alkyl halides is 18. The largest absolute Gasteiger partial charge is 0.460 e. The molecule has 0 unspecified atom stereocenters. The molecule has 200 valence electrons. The van der Waals surface area contributed by atoms with Gasteiger partial charge in [0.05, 0.1) is 0 Å². The van der Waals surface area contributed by atoms with Crippen LogP contribution in [0.4, 0.5) is 79.0 Å². The molecule has 0 spiro atoms. The van der Waals surface area contributed by atoms with Crippen LogP contribution in [0.1, 0.15) is 0 Å². The maximum absolute atomic E-state index is 13.3. The van der Waals surface area contributed by atoms with Crippen molar-refractivity contribution in [3.05, 3.63) is 0 Å². The van der Waals surface area contributed by atoms with Crippen molar-refractivity contribution in [1.29, 1.82) is 0 Å². The van der Waals surface area contributed by atoms with Gasteiger partial charge in [-0.25, -0.2) is 0 Å². The highest BCUT2D eigenvalue weighted by Gasteiger charge is 2.90. The van der Waals surface area contributed by atoms with Gasteiger partial charge in [-0.1, -0.05) is 0 Å². The van der Waals surface area contributed by atoms with Crippen LogP contribution >= 0.6 is 0 Å². The van der Waals surface area contributed by atoms with E-state index in [0.717, 1.165) is 0 Å². The molecule has 0 amide bonds. The van der Waals surface area contributed by atoms with Gasteiger partial charge in [-0.3, -0.25) is 0 Å². The lowest BCUT2D eigenvalue weighted by molar-refractivity contribution is -0.382. The van der Waals surface area contributed by atoms with Gasteiger partial charge in [0.2, 0.25) is 9.83 Å². The molecule has 0 aromatic heterocycles. The Bertz CT molecular complexity index is 878. The minimum atomic E-state index is -8.46. The van der Waals surface area contributed by atoms with Crippen LogP contribution in [0.15, 0.2) is 0 Å². The number of rotatable bonds is 8. The van der Waals surface area contributed by atoms with Crippen LogP contribution in [0.5, 0.6) is 0 Å². The molecule has 0 aliphatic carbocycles. The molecule has 0 bridgehead atoms. The lowest BCUT2D eigenvalue weighted by atomic mass is 10.1. The molecule has 0 heterocycles. The molecule has 0 aromatic carbocycles. The molecule has 0 fully saturated rings. The molecule has 0 saturated carbocycles. The van der Waals surface area contributed by atoms with E-state index in [0.29, 0.717) is 0 Å². The number of hydrogen-bond acceptors (Lipinski definition) is 4. The highest BCUT2D eigenvalue weighted by atomic mass is 33.5. The minimum Gasteiger partial charge on any atom is -0.191 e. The third kappa shape index (κ3) is 4.39. The third-order valence-corrected chi connectivity index (χ3v) is 11.4. The van der Waals surface area contributed by atoms with Gasteiger partial charge in [0, 0.05) is 0 Å². The fraction of sp³-hybridized carbons (Fsp3) is 1.00. The minimum absolute atomic E-state index is 4.37. The quantitative estimate of drug-likeness (QED) is 0.181. The summed E-state index contributed by atoms with van der Waals surface area (Å²) in [5.74, 6) is -32.7. The van der Waals surface area contributed by atoms with E-state index in [9.17, 15) is 95.9 Å². The van der Waals surface area contributed by atoms with E-state index >= 15 is 0 Å². The van der Waals surface area contributed by atoms with Crippen molar-refractivity contribution >= 4 is 27.6 Å². The maximum Gasteiger partial charge on any atom is 0.460 e. The van der Waals surface area contributed by atoms with Gasteiger partial charge < -0.3 is 0 Å². The summed E-state index contributed by atoms with van der Waals surface area (Å²) in [7, 11) is -21.3. The predicted molar refractivity (Wildman–Crippen MR) is 68.4 cm³/mol. The van der Waals surface area contributed by atoms with E-state index < -0.39 is 74.1 Å². The molecule has 0 aliphatic heterocycles. The normalized spacial score (nSPS) is 16.8. The molecule has 0 N–H and O–H groups in total. The average Bonchev–Trinajstić information content (AvgIpc) is 2.50. The summed E-state index contributed by atoms with van der Waals surface area (Å²) >= 11 is 0. The highest BCUT2D eigenvalue weighted by Crippen LogP contribution is 2.58. The molecule has 0 rings (SSSR count). The summed E-state index contributed by atoms with van der Waals surface area (Å²) in [5.41, 5.74) is 0. The summed E-state index contributed by atoms with van der Waals surface area (Å²) in [6, 6.07) is 0. The molecular formula is C8HF18O4S3+. The second-order valence-electron chi connectivity index (χ2n) is 5.35. The molecular weight excluding hydrogens is 598 g/mol. The zero-order chi connectivity index (χ0) is 27.7. The van der Waals surface area contributed by atoms with Gasteiger partial charge in [0.1, 0.15) is 0 Å². The zero-order valence-corrected chi connectivity index (χ0v) is 16.2. The second-order valence-corrected chi connectivity index (χ2v) is 13.1. The van der Waals surface area contributed by atoms with Crippen LogP contribution in [-0.2, 0) is 27.6 Å². The maximum atomic E-state index is 13.3. The van der Waals surface area contributed by atoms with Crippen molar-refractivity contribution in [2.24, 2.45) is 0 Å². The fourth-order valence-electron chi connectivity index (χ4n) is 1.27. The average molecular weight is 599 g/mol. The van der Waals surface area contributed by atoms with E-state index in [-0.39, 0.29) is 0 Å². The monoisotopic (exact) mass is 599 g/mol. The first-order chi connectivity index (χ1) is 13.7. The summed E-state index contributed by atoms with van der Waals surface area (Å²) in [4.78, 5) is 0. The fourth-order valence-corrected chi connectivity index (χ4v) is 8.65. The molecule has 0 aliphatic rings. The third-order valence-electron chi connectivity index (χ3n) is 3.08. The molecule has 0 atom stereocenters. The molecule has 0 saturated heterocycles. The first kappa shape index (κ1) is 32.0. The molecule has 25 heteroatoms. The second kappa shape index (κ2) is 7.74. The standard InChI is InChI=1S/C8F18O4S3/c9-1(10,5(17,18)19)3(13,14)7(23,24)32(27,28)31-33(29,30)8(25,26)4(15,16)2(11,12)6(20,21)22/p+1. The topological polar surface area (TPSA) is 68.3 Å². The van der Waals surface area contributed by atoms with Crippen molar-refractivity contribution in [2.45, 2.75) is 46.6 Å². The van der Waals surface area contributed by atoms with Crippen molar-refractivity contribution in [1.82, 2.24) is 0 Å². The molecule has 4 nitrogen and oxygen atoms in total. The van der Waals surface area contributed by atoms with Gasteiger partial charge in [-0.15, -0.1) is 0 Å². The van der Waals surface area contributed by atoms with Gasteiger partial charge in [-0.05, 0) is 0 Å². The molecule has 33 heavy (non-hydrogen) atoms. The Labute approximate surface area is 170 Å². The molecule has 0 aromatic rings. The van der Waals surface area contributed by atoms with Crippen LogP contribution in [0, 0.1) is 0 Å². The Hall–Kier alpha value is -1.01. The van der Waals surface area contributed by atoms with E-state index in [2.05, 4.69) is 0 Å². The number of thiol groups is 1. The van der Waals surface area contributed by atoms with E-state index in [4.69, 9.17) is 0 Å². The van der Waals surface area contributed by atoms with Crippen LogP contribution in [-0.4, -0.2) is 63.4 Å². The van der Waals surface area contributed by atoms with Crippen molar-refractivity contribution < 1.29 is 95.9 Å². The van der Waals surface area contributed by atoms with Crippen molar-refractivity contribution in [3.63, 3.8) is 0 Å². The first-order valence-corrected chi connectivity index (χ1v) is 11.4. The van der Waals surface area contributed by atoms with Gasteiger partial charge in [-0.2, -0.15) is 95.9 Å². The Morgan fingerprint density at radius 1 is 0.364 bits per heavy atom. The van der Waals surface area contributed by atoms with Crippen LogP contribution in [0.2, 0.25) is 0 Å². The smallest absolute Gasteiger partial charge is 0.191 e. The summed E-state index contributed by atoms with van der Waals surface area (Å²) in [6.07, 6.45) is -15.5. The van der Waals surface area contributed by atoms with E-state index in [1.165, 1.54) is 0 Å². The van der Waals surface area contributed by atoms with Crippen molar-refractivity contribution in [2.75, 3.05) is 0 Å². The Morgan fingerprint density at radius 3 is 0.697 bits per heavy atom. The Kier molecular flexibility index (Phi) is 7.51. The van der Waals surface area contributed by atoms with Gasteiger partial charge in [0.25, 0.3) is 0 Å². The zero-order valence-electron chi connectivity index (χ0n) is 13.7. The van der Waals surface area contributed by atoms with Crippen molar-refractivity contribution in [3.8, 4) is 0 Å². The lowest BCUT2D eigenvalue weighted by Crippen LogP contribution is -2.65. The number of hydrogen-bond donors (Lipinski definition) is 0. The summed E-state index contributed by atoms with van der Waals surface area (Å²) in [5, 5.41) is -16.1. The Balaban J connectivity index is 6.73. The summed E-state index contributed by atoms with van der Waals surface area (Å²) in [6.45, 7) is 0. The van der Waals surface area contributed by atoms with Gasteiger partial charge in [0.15, 0.2) is 0 Å². The molecule has 0 radical (unpaired) electrons. The van der Waals surface area contributed by atoms with E-state index in [1.807, 2.05) is 0 Å². The SMILES string of the molecule is O=S(=O)([SH+]S(=O)(=O)C(F)(F)C(F)(F)C(F)(F)C(F)(F)F)C(F)(F)C(F)(F)C(F)(F)C(F)(F)F. The number of halogens is 18. The van der Waals surface area contributed by atoms with E-state index in [1.54, 1.807) is 0 Å².